The molecule has 2 aromatic heterocycles. The van der Waals surface area contributed by atoms with Crippen LogP contribution in [0.2, 0.25) is 0 Å². The van der Waals surface area contributed by atoms with Crippen LogP contribution in [-0.4, -0.2) is 43.9 Å². The molecule has 0 aliphatic rings. The fraction of sp³-hybridized carbons (Fsp3) is 0.296. The zero-order valence-corrected chi connectivity index (χ0v) is 25.0. The number of aromatic nitrogens is 4. The van der Waals surface area contributed by atoms with E-state index < -0.39 is 0 Å². The topological polar surface area (TPSA) is 111 Å². The van der Waals surface area contributed by atoms with E-state index in [1.54, 1.807) is 0 Å². The van der Waals surface area contributed by atoms with Crippen molar-refractivity contribution in [3.8, 4) is 17.0 Å². The smallest absolute Gasteiger partial charge is 0.258 e. The third-order valence-corrected chi connectivity index (χ3v) is 7.95. The van der Waals surface area contributed by atoms with Crippen LogP contribution in [0.1, 0.15) is 38.1 Å². The van der Waals surface area contributed by atoms with Crippen LogP contribution in [0.15, 0.2) is 63.5 Å². The van der Waals surface area contributed by atoms with E-state index in [4.69, 9.17) is 4.74 Å². The number of thioether (sulfide) groups is 1. The molecule has 0 unspecified atom stereocenters. The molecular weight excluding hydrogens is 600 g/mol. The first-order valence-corrected chi connectivity index (χ1v) is 15.0. The highest BCUT2D eigenvalue weighted by Gasteiger charge is 2.15. The summed E-state index contributed by atoms with van der Waals surface area (Å²) in [5.41, 5.74) is 3.00. The van der Waals surface area contributed by atoms with E-state index >= 15 is 0 Å². The maximum absolute atomic E-state index is 12.5. The number of amides is 2. The molecule has 0 spiro atoms. The first-order valence-electron chi connectivity index (χ1n) is 12.4. The molecule has 2 heterocycles. The summed E-state index contributed by atoms with van der Waals surface area (Å²) < 4.78 is 8.46. The van der Waals surface area contributed by atoms with E-state index in [1.807, 2.05) is 65.4 Å². The molecule has 2 N–H and O–H groups in total. The van der Waals surface area contributed by atoms with Crippen molar-refractivity contribution in [1.29, 1.82) is 0 Å². The fourth-order valence-corrected chi connectivity index (χ4v) is 5.39. The second-order valence-corrected chi connectivity index (χ2v) is 11.5. The van der Waals surface area contributed by atoms with Gasteiger partial charge in [-0.3, -0.25) is 9.59 Å². The third kappa shape index (κ3) is 8.13. The molecular formula is C27H29BrN6O3S2. The molecule has 0 bridgehead atoms. The van der Waals surface area contributed by atoms with E-state index in [9.17, 15) is 9.59 Å². The van der Waals surface area contributed by atoms with Crippen LogP contribution in [0, 0.1) is 0 Å². The Hall–Kier alpha value is -3.22. The maximum atomic E-state index is 12.5. The van der Waals surface area contributed by atoms with Crippen LogP contribution in [0.5, 0.6) is 5.75 Å². The van der Waals surface area contributed by atoms with Gasteiger partial charge in [-0.25, -0.2) is 4.98 Å². The highest BCUT2D eigenvalue weighted by atomic mass is 79.9. The lowest BCUT2D eigenvalue weighted by Gasteiger charge is -2.10. The van der Waals surface area contributed by atoms with Crippen molar-refractivity contribution in [2.24, 2.45) is 0 Å². The van der Waals surface area contributed by atoms with E-state index in [2.05, 4.69) is 55.6 Å². The number of ether oxygens (including phenoxy) is 1. The fourth-order valence-electron chi connectivity index (χ4n) is 3.57. The number of carbonyl (C=O) groups excluding carboxylic acids is 2. The van der Waals surface area contributed by atoms with Crippen molar-refractivity contribution in [2.45, 2.75) is 44.9 Å². The summed E-state index contributed by atoms with van der Waals surface area (Å²) in [7, 11) is 0. The van der Waals surface area contributed by atoms with E-state index in [0.717, 1.165) is 15.7 Å². The highest BCUT2D eigenvalue weighted by Crippen LogP contribution is 2.26. The van der Waals surface area contributed by atoms with Crippen molar-refractivity contribution in [1.82, 2.24) is 25.1 Å². The van der Waals surface area contributed by atoms with Gasteiger partial charge in [-0.05, 0) is 42.7 Å². The molecule has 204 valence electrons. The number of halogens is 1. The number of hydrogen-bond acceptors (Lipinski definition) is 8. The van der Waals surface area contributed by atoms with Gasteiger partial charge in [0.15, 0.2) is 22.7 Å². The van der Waals surface area contributed by atoms with E-state index in [1.165, 1.54) is 28.7 Å². The maximum Gasteiger partial charge on any atom is 0.258 e. The molecule has 4 rings (SSSR count). The SMILES string of the molecule is CCn1c(CNC(=O)COc2ccc(C(C)C)cc2)nnc1SCC(=O)Nc1nc(-c2ccc(Br)cc2)cs1. The first-order chi connectivity index (χ1) is 18.8. The molecule has 0 saturated carbocycles. The lowest BCUT2D eigenvalue weighted by atomic mass is 10.0. The number of hydrogen-bond donors (Lipinski definition) is 2. The number of carbonyl (C=O) groups is 2. The number of benzene rings is 2. The van der Waals surface area contributed by atoms with Crippen LogP contribution in [0.3, 0.4) is 0 Å². The predicted octanol–water partition coefficient (Wildman–Crippen LogP) is 5.73. The minimum absolute atomic E-state index is 0.0939. The molecule has 0 saturated heterocycles. The number of nitrogens with zero attached hydrogens (tertiary/aromatic N) is 4. The van der Waals surface area contributed by atoms with Gasteiger partial charge >= 0.3 is 0 Å². The molecule has 0 aliphatic carbocycles. The molecule has 0 atom stereocenters. The molecule has 2 amide bonds. The van der Waals surface area contributed by atoms with Crippen LogP contribution < -0.4 is 15.4 Å². The minimum atomic E-state index is -0.256. The molecule has 2 aromatic carbocycles. The molecule has 0 radical (unpaired) electrons. The quantitative estimate of drug-likeness (QED) is 0.193. The Kier molecular flexibility index (Phi) is 10.1. The Morgan fingerprint density at radius 3 is 2.51 bits per heavy atom. The number of nitrogens with one attached hydrogen (secondary N) is 2. The zero-order chi connectivity index (χ0) is 27.8. The predicted molar refractivity (Wildman–Crippen MR) is 158 cm³/mol. The van der Waals surface area contributed by atoms with Gasteiger partial charge in [0, 0.05) is 22.0 Å². The lowest BCUT2D eigenvalue weighted by molar-refractivity contribution is -0.123. The van der Waals surface area contributed by atoms with Crippen molar-refractivity contribution in [3.63, 3.8) is 0 Å². The lowest BCUT2D eigenvalue weighted by Crippen LogP contribution is -2.29. The van der Waals surface area contributed by atoms with Gasteiger partial charge in [0.05, 0.1) is 18.0 Å². The van der Waals surface area contributed by atoms with Gasteiger partial charge in [0.25, 0.3) is 5.91 Å². The summed E-state index contributed by atoms with van der Waals surface area (Å²) in [4.78, 5) is 29.4. The van der Waals surface area contributed by atoms with Gasteiger partial charge in [0.2, 0.25) is 5.91 Å². The minimum Gasteiger partial charge on any atom is -0.484 e. The second kappa shape index (κ2) is 13.7. The van der Waals surface area contributed by atoms with E-state index in [-0.39, 0.29) is 30.7 Å². The van der Waals surface area contributed by atoms with Crippen molar-refractivity contribution in [3.05, 3.63) is 69.8 Å². The average molecular weight is 630 g/mol. The zero-order valence-electron chi connectivity index (χ0n) is 21.8. The van der Waals surface area contributed by atoms with Crippen molar-refractivity contribution >= 4 is 56.0 Å². The highest BCUT2D eigenvalue weighted by molar-refractivity contribution is 9.10. The van der Waals surface area contributed by atoms with Gasteiger partial charge < -0.3 is 19.9 Å². The largest absolute Gasteiger partial charge is 0.484 e. The second-order valence-electron chi connectivity index (χ2n) is 8.81. The standard InChI is InChI=1S/C27H29BrN6O3S2/c1-4-34-23(13-29-24(35)14-37-21-11-7-18(8-12-21)17(2)3)32-33-27(34)39-16-25(36)31-26-30-22(15-38-26)19-5-9-20(28)10-6-19/h5-12,15,17H,4,13-14,16H2,1-3H3,(H,29,35)(H,30,31,36). The first kappa shape index (κ1) is 28.8. The number of rotatable bonds is 12. The van der Waals surface area contributed by atoms with Gasteiger partial charge in [-0.1, -0.05) is 65.8 Å². The van der Waals surface area contributed by atoms with Gasteiger partial charge in [-0.2, -0.15) is 0 Å². The van der Waals surface area contributed by atoms with Gasteiger partial charge in [0.1, 0.15) is 5.75 Å². The Balaban J connectivity index is 1.24. The number of thiazole rings is 1. The summed E-state index contributed by atoms with van der Waals surface area (Å²) in [5.74, 6) is 1.40. The Morgan fingerprint density at radius 1 is 1.08 bits per heavy atom. The molecule has 0 fully saturated rings. The summed E-state index contributed by atoms with van der Waals surface area (Å²) in [6.45, 7) is 6.93. The van der Waals surface area contributed by atoms with Crippen LogP contribution >= 0.6 is 39.0 Å². The summed E-state index contributed by atoms with van der Waals surface area (Å²) >= 11 is 6.08. The monoisotopic (exact) mass is 628 g/mol. The van der Waals surface area contributed by atoms with Crippen molar-refractivity contribution in [2.75, 3.05) is 17.7 Å². The molecule has 39 heavy (non-hydrogen) atoms. The Bertz CT molecular complexity index is 1400. The van der Waals surface area contributed by atoms with Crippen molar-refractivity contribution < 1.29 is 14.3 Å². The third-order valence-electron chi connectivity index (χ3n) is 5.69. The normalized spacial score (nSPS) is 11.0. The van der Waals surface area contributed by atoms with Crippen LogP contribution in [0.4, 0.5) is 5.13 Å². The van der Waals surface area contributed by atoms with E-state index in [0.29, 0.717) is 34.3 Å². The summed E-state index contributed by atoms with van der Waals surface area (Å²) in [5, 5.41) is 17.1. The average Bonchev–Trinajstić information content (AvgIpc) is 3.56. The Labute approximate surface area is 243 Å². The molecule has 4 aromatic rings. The van der Waals surface area contributed by atoms with Gasteiger partial charge in [-0.15, -0.1) is 21.5 Å². The molecule has 12 heteroatoms. The summed E-state index contributed by atoms with van der Waals surface area (Å²) in [6, 6.07) is 15.6. The molecule has 9 nitrogen and oxygen atoms in total. The Morgan fingerprint density at radius 2 is 1.82 bits per heavy atom. The van der Waals surface area contributed by atoms with Crippen LogP contribution in [0.25, 0.3) is 11.3 Å². The summed E-state index contributed by atoms with van der Waals surface area (Å²) in [6.07, 6.45) is 0. The van der Waals surface area contributed by atoms with Crippen LogP contribution in [-0.2, 0) is 22.7 Å². The molecule has 0 aliphatic heterocycles. The number of anilines is 1.